The van der Waals surface area contributed by atoms with Gasteiger partial charge in [-0.25, -0.2) is 13.8 Å². The van der Waals surface area contributed by atoms with E-state index in [0.29, 0.717) is 5.56 Å². The summed E-state index contributed by atoms with van der Waals surface area (Å²) in [5, 5.41) is 6.34. The molecule has 1 aliphatic carbocycles. The number of carbonyl (C=O) groups excluding carboxylic acids is 1. The van der Waals surface area contributed by atoms with Gasteiger partial charge in [-0.2, -0.15) is 5.10 Å². The smallest absolute Gasteiger partial charge is 0.267 e. The Morgan fingerprint density at radius 3 is 2.28 bits per heavy atom. The molecule has 0 radical (unpaired) electrons. The van der Waals surface area contributed by atoms with E-state index in [1.165, 1.54) is 29.3 Å². The lowest BCUT2D eigenvalue weighted by molar-refractivity contribution is 0.0680. The fraction of sp³-hybridized carbons (Fsp3) is 0.192. The van der Waals surface area contributed by atoms with Crippen LogP contribution in [0.4, 0.5) is 8.78 Å². The lowest BCUT2D eigenvalue weighted by Crippen LogP contribution is -2.31. The summed E-state index contributed by atoms with van der Waals surface area (Å²) in [6.45, 7) is 0. The highest BCUT2D eigenvalue weighted by Gasteiger charge is 2.43. The Morgan fingerprint density at radius 1 is 0.938 bits per heavy atom. The Morgan fingerprint density at radius 2 is 1.59 bits per heavy atom. The summed E-state index contributed by atoms with van der Waals surface area (Å²) in [6, 6.07) is 15.6. The van der Waals surface area contributed by atoms with Gasteiger partial charge in [-0.3, -0.25) is 9.78 Å². The Labute approximate surface area is 184 Å². The molecule has 1 fully saturated rings. The van der Waals surface area contributed by atoms with E-state index in [4.69, 9.17) is 5.10 Å². The lowest BCUT2D eigenvalue weighted by atomic mass is 9.77. The van der Waals surface area contributed by atoms with Crippen molar-refractivity contribution in [2.75, 3.05) is 0 Å². The number of allylic oxidation sites excluding steroid dienone is 1. The van der Waals surface area contributed by atoms with Crippen LogP contribution in [-0.2, 0) is 0 Å². The van der Waals surface area contributed by atoms with Crippen molar-refractivity contribution in [3.05, 3.63) is 107 Å². The fourth-order valence-electron chi connectivity index (χ4n) is 4.55. The Bertz CT molecular complexity index is 1190. The van der Waals surface area contributed by atoms with E-state index < -0.39 is 0 Å². The first-order chi connectivity index (χ1) is 15.6. The minimum absolute atomic E-state index is 0.00620. The van der Waals surface area contributed by atoms with E-state index in [9.17, 15) is 13.6 Å². The molecule has 2 aliphatic rings. The maximum absolute atomic E-state index is 13.6. The number of aromatic nitrogens is 1. The predicted molar refractivity (Wildman–Crippen MR) is 119 cm³/mol. The molecule has 0 N–H and O–H groups in total. The molecule has 1 aliphatic heterocycles. The maximum Gasteiger partial charge on any atom is 0.274 e. The number of rotatable bonds is 3. The number of hydrogen-bond donors (Lipinski definition) is 0. The van der Waals surface area contributed by atoms with Crippen LogP contribution in [0.25, 0.3) is 6.08 Å². The van der Waals surface area contributed by atoms with E-state index in [0.717, 1.165) is 41.7 Å². The van der Waals surface area contributed by atoms with E-state index in [2.05, 4.69) is 4.98 Å². The third-order valence-electron chi connectivity index (χ3n) is 6.06. The van der Waals surface area contributed by atoms with Gasteiger partial charge in [-0.15, -0.1) is 0 Å². The van der Waals surface area contributed by atoms with Crippen molar-refractivity contribution in [3.8, 4) is 0 Å². The highest BCUT2D eigenvalue weighted by Crippen LogP contribution is 2.44. The highest BCUT2D eigenvalue weighted by atomic mass is 19.1. The second kappa shape index (κ2) is 8.46. The zero-order valence-corrected chi connectivity index (χ0v) is 17.3. The number of hydrazone groups is 1. The maximum atomic E-state index is 13.6. The molecule has 6 heteroatoms. The summed E-state index contributed by atoms with van der Waals surface area (Å²) in [7, 11) is 0. The number of carbonyl (C=O) groups is 1. The Kier molecular flexibility index (Phi) is 5.35. The van der Waals surface area contributed by atoms with Gasteiger partial charge in [0, 0.05) is 23.9 Å². The average Bonchev–Trinajstić information content (AvgIpc) is 3.22. The van der Waals surface area contributed by atoms with Gasteiger partial charge in [0.05, 0.1) is 11.8 Å². The summed E-state index contributed by atoms with van der Waals surface area (Å²) in [5.74, 6) is -0.811. The third-order valence-corrected chi connectivity index (χ3v) is 6.06. The largest absolute Gasteiger partial charge is 0.274 e. The molecular weight excluding hydrogens is 408 g/mol. The Balaban J connectivity index is 1.57. The quantitative estimate of drug-likeness (QED) is 0.529. The average molecular weight is 429 g/mol. The summed E-state index contributed by atoms with van der Waals surface area (Å²) in [6.07, 6.45) is 7.84. The van der Waals surface area contributed by atoms with E-state index in [-0.39, 0.29) is 29.5 Å². The van der Waals surface area contributed by atoms with Crippen LogP contribution < -0.4 is 0 Å². The first-order valence-corrected chi connectivity index (χ1v) is 10.6. The van der Waals surface area contributed by atoms with Gasteiger partial charge in [-0.05, 0) is 78.4 Å². The summed E-state index contributed by atoms with van der Waals surface area (Å²) in [4.78, 5) is 17.4. The van der Waals surface area contributed by atoms with Gasteiger partial charge in [0.25, 0.3) is 5.91 Å². The van der Waals surface area contributed by atoms with Crippen molar-refractivity contribution in [2.24, 2.45) is 11.0 Å². The van der Waals surface area contributed by atoms with Crippen LogP contribution in [0.15, 0.2) is 83.7 Å². The van der Waals surface area contributed by atoms with Crippen LogP contribution >= 0.6 is 0 Å². The molecule has 1 amide bonds. The molecule has 32 heavy (non-hydrogen) atoms. The summed E-state index contributed by atoms with van der Waals surface area (Å²) in [5.41, 5.74) is 4.16. The number of fused-ring (bicyclic) bond motifs is 1. The molecule has 2 heterocycles. The zero-order chi connectivity index (χ0) is 22.1. The molecule has 0 saturated heterocycles. The SMILES string of the molecule is O=C(c1ccncc1)N1N=C2/C(=C\c3ccc(F)cc3)CCCC2C1c1ccc(F)cc1. The second-order valence-electron chi connectivity index (χ2n) is 8.09. The topological polar surface area (TPSA) is 45.6 Å². The molecule has 3 aromatic rings. The summed E-state index contributed by atoms with van der Waals surface area (Å²) < 4.78 is 26.9. The number of benzene rings is 2. The van der Waals surface area contributed by atoms with Gasteiger partial charge in [-0.1, -0.05) is 24.3 Å². The van der Waals surface area contributed by atoms with Crippen molar-refractivity contribution >= 4 is 17.7 Å². The van der Waals surface area contributed by atoms with Gasteiger partial charge < -0.3 is 0 Å². The van der Waals surface area contributed by atoms with Crippen molar-refractivity contribution in [1.29, 1.82) is 0 Å². The van der Waals surface area contributed by atoms with E-state index >= 15 is 0 Å². The van der Waals surface area contributed by atoms with Crippen LogP contribution in [0.1, 0.15) is 46.8 Å². The summed E-state index contributed by atoms with van der Waals surface area (Å²) >= 11 is 0. The molecule has 2 unspecified atom stereocenters. The lowest BCUT2D eigenvalue weighted by Gasteiger charge is -2.29. The van der Waals surface area contributed by atoms with Gasteiger partial charge in [0.15, 0.2) is 0 Å². The number of pyridine rings is 1. The predicted octanol–water partition coefficient (Wildman–Crippen LogP) is 5.80. The fourth-order valence-corrected chi connectivity index (χ4v) is 4.55. The molecule has 0 bridgehead atoms. The standard InChI is InChI=1S/C26H21F2N3O/c27-21-8-4-17(5-9-21)16-20-2-1-3-23-24(20)30-31(26(32)19-12-14-29-15-13-19)25(23)18-6-10-22(28)11-7-18/h4-16,23,25H,1-3H2/b20-16-. The number of amides is 1. The van der Waals surface area contributed by atoms with Crippen LogP contribution in [0.3, 0.4) is 0 Å². The molecule has 2 atom stereocenters. The van der Waals surface area contributed by atoms with E-state index in [1.54, 1.807) is 48.8 Å². The van der Waals surface area contributed by atoms with Crippen LogP contribution in [0, 0.1) is 17.6 Å². The highest BCUT2D eigenvalue weighted by molar-refractivity contribution is 6.09. The number of hydrogen-bond acceptors (Lipinski definition) is 3. The second-order valence-corrected chi connectivity index (χ2v) is 8.09. The van der Waals surface area contributed by atoms with Gasteiger partial charge >= 0.3 is 0 Å². The van der Waals surface area contributed by atoms with Gasteiger partial charge in [0.2, 0.25) is 0 Å². The number of nitrogens with zero attached hydrogens (tertiary/aromatic N) is 3. The van der Waals surface area contributed by atoms with Crippen molar-refractivity contribution in [3.63, 3.8) is 0 Å². The van der Waals surface area contributed by atoms with Crippen molar-refractivity contribution in [2.45, 2.75) is 25.3 Å². The molecule has 5 rings (SSSR count). The molecule has 160 valence electrons. The Hall–Kier alpha value is -3.67. The molecular formula is C26H21F2N3O. The molecule has 1 aromatic heterocycles. The zero-order valence-electron chi connectivity index (χ0n) is 17.3. The molecule has 4 nitrogen and oxygen atoms in total. The van der Waals surface area contributed by atoms with Crippen molar-refractivity contribution in [1.82, 2.24) is 9.99 Å². The van der Waals surface area contributed by atoms with Crippen LogP contribution in [0.5, 0.6) is 0 Å². The van der Waals surface area contributed by atoms with Crippen LogP contribution in [-0.4, -0.2) is 21.6 Å². The number of halogens is 2. The van der Waals surface area contributed by atoms with E-state index in [1.807, 2.05) is 6.08 Å². The molecule has 1 saturated carbocycles. The first-order valence-electron chi connectivity index (χ1n) is 10.6. The minimum Gasteiger partial charge on any atom is -0.267 e. The normalized spacial score (nSPS) is 21.4. The third kappa shape index (κ3) is 3.84. The first kappa shape index (κ1) is 20.2. The molecule has 0 spiro atoms. The monoisotopic (exact) mass is 429 g/mol. The minimum atomic E-state index is -0.319. The van der Waals surface area contributed by atoms with Crippen LogP contribution in [0.2, 0.25) is 0 Å². The van der Waals surface area contributed by atoms with Gasteiger partial charge in [0.1, 0.15) is 11.6 Å². The molecule has 2 aromatic carbocycles. The van der Waals surface area contributed by atoms with Crippen molar-refractivity contribution < 1.29 is 13.6 Å².